The molecule has 116 valence electrons. The highest BCUT2D eigenvalue weighted by molar-refractivity contribution is 7.11. The van der Waals surface area contributed by atoms with Crippen molar-refractivity contribution in [3.05, 3.63) is 29.3 Å². The van der Waals surface area contributed by atoms with Gasteiger partial charge in [-0.05, 0) is 23.0 Å². The molecule has 0 amide bonds. The van der Waals surface area contributed by atoms with Crippen LogP contribution in [0.4, 0.5) is 0 Å². The predicted octanol–water partition coefficient (Wildman–Crippen LogP) is 4.29. The second-order valence-electron chi connectivity index (χ2n) is 7.04. The van der Waals surface area contributed by atoms with Crippen molar-refractivity contribution >= 4 is 19.4 Å². The van der Waals surface area contributed by atoms with Crippen LogP contribution in [0.2, 0.25) is 19.6 Å². The molecule has 0 heterocycles. The molecule has 0 aliphatic rings. The van der Waals surface area contributed by atoms with Gasteiger partial charge in [-0.3, -0.25) is 4.79 Å². The van der Waals surface area contributed by atoms with Crippen molar-refractivity contribution in [2.24, 2.45) is 0 Å². The molecule has 4 heteroatoms. The average Bonchev–Trinajstić information content (AvgIpc) is 2.36. The fourth-order valence-corrected chi connectivity index (χ4v) is 2.71. The van der Waals surface area contributed by atoms with Gasteiger partial charge in [0.05, 0.1) is 0 Å². The Hall–Kier alpha value is -1.42. The summed E-state index contributed by atoms with van der Waals surface area (Å²) in [7, 11) is -2.18. The van der Waals surface area contributed by atoms with E-state index in [1.54, 1.807) is 0 Å². The zero-order valence-electron chi connectivity index (χ0n) is 14.1. The van der Waals surface area contributed by atoms with E-state index in [1.165, 1.54) is 0 Å². The van der Waals surface area contributed by atoms with Gasteiger partial charge >= 0.3 is 5.97 Å². The van der Waals surface area contributed by atoms with Crippen molar-refractivity contribution < 1.29 is 14.3 Å². The molecule has 0 bridgehead atoms. The SMILES string of the molecule is CC(C)c1cccc(C(C)C)c1OC(=O)C(=O)[Si](C)(C)C. The van der Waals surface area contributed by atoms with E-state index in [9.17, 15) is 9.59 Å². The summed E-state index contributed by atoms with van der Waals surface area (Å²) in [5, 5.41) is -0.365. The van der Waals surface area contributed by atoms with Gasteiger partial charge in [-0.2, -0.15) is 0 Å². The lowest BCUT2D eigenvalue weighted by Gasteiger charge is -2.20. The summed E-state index contributed by atoms with van der Waals surface area (Å²) < 4.78 is 5.53. The highest BCUT2D eigenvalue weighted by Crippen LogP contribution is 2.34. The Kier molecular flexibility index (Phi) is 5.51. The lowest BCUT2D eigenvalue weighted by molar-refractivity contribution is -0.143. The van der Waals surface area contributed by atoms with Gasteiger partial charge in [0.2, 0.25) is 5.41 Å². The van der Waals surface area contributed by atoms with Crippen molar-refractivity contribution in [2.75, 3.05) is 0 Å². The van der Waals surface area contributed by atoms with E-state index in [4.69, 9.17) is 4.74 Å². The maximum Gasteiger partial charge on any atom is 0.374 e. The minimum atomic E-state index is -2.18. The van der Waals surface area contributed by atoms with E-state index >= 15 is 0 Å². The Morgan fingerprint density at radius 1 is 0.952 bits per heavy atom. The molecule has 1 rings (SSSR count). The lowest BCUT2D eigenvalue weighted by atomic mass is 9.94. The monoisotopic (exact) mass is 306 g/mol. The zero-order valence-corrected chi connectivity index (χ0v) is 15.1. The summed E-state index contributed by atoms with van der Waals surface area (Å²) in [6, 6.07) is 5.89. The van der Waals surface area contributed by atoms with Crippen LogP contribution in [-0.4, -0.2) is 19.4 Å². The summed E-state index contributed by atoms with van der Waals surface area (Å²) in [6.07, 6.45) is 0. The number of ether oxygens (including phenoxy) is 1. The molecule has 21 heavy (non-hydrogen) atoms. The average molecular weight is 306 g/mol. The number of carbonyl (C=O) groups is 2. The van der Waals surface area contributed by atoms with Crippen LogP contribution in [-0.2, 0) is 9.59 Å². The normalized spacial score (nSPS) is 11.9. The Morgan fingerprint density at radius 2 is 1.38 bits per heavy atom. The molecule has 0 aromatic heterocycles. The highest BCUT2D eigenvalue weighted by Gasteiger charge is 2.33. The van der Waals surface area contributed by atoms with Gasteiger partial charge < -0.3 is 4.74 Å². The largest absolute Gasteiger partial charge is 0.421 e. The van der Waals surface area contributed by atoms with Gasteiger partial charge in [-0.1, -0.05) is 65.5 Å². The van der Waals surface area contributed by atoms with Gasteiger partial charge in [0.15, 0.2) is 0 Å². The Bertz CT molecular complexity index is 513. The van der Waals surface area contributed by atoms with Crippen LogP contribution in [0, 0.1) is 0 Å². The number of hydrogen-bond donors (Lipinski definition) is 0. The molecule has 1 aromatic carbocycles. The molecular formula is C17H26O3Si. The Labute approximate surface area is 128 Å². The van der Waals surface area contributed by atoms with Crippen LogP contribution in [0.1, 0.15) is 50.7 Å². The van der Waals surface area contributed by atoms with Crippen molar-refractivity contribution in [3.63, 3.8) is 0 Å². The van der Waals surface area contributed by atoms with Crippen molar-refractivity contribution in [1.82, 2.24) is 0 Å². The summed E-state index contributed by atoms with van der Waals surface area (Å²) in [6.45, 7) is 13.8. The molecule has 0 atom stereocenters. The topological polar surface area (TPSA) is 43.4 Å². The molecule has 0 N–H and O–H groups in total. The number of esters is 1. The molecule has 0 saturated heterocycles. The first-order valence-corrected chi connectivity index (χ1v) is 10.9. The van der Waals surface area contributed by atoms with E-state index in [-0.39, 0.29) is 17.2 Å². The first-order chi connectivity index (χ1) is 9.55. The van der Waals surface area contributed by atoms with Crippen LogP contribution in [0.25, 0.3) is 0 Å². The summed E-state index contributed by atoms with van der Waals surface area (Å²) in [5.41, 5.74) is 1.94. The van der Waals surface area contributed by atoms with Crippen molar-refractivity contribution in [1.29, 1.82) is 0 Å². The highest BCUT2D eigenvalue weighted by atomic mass is 28.3. The summed E-state index contributed by atoms with van der Waals surface area (Å²) >= 11 is 0. The number of benzene rings is 1. The molecule has 0 radical (unpaired) electrons. The third-order valence-electron chi connectivity index (χ3n) is 3.38. The molecular weight excluding hydrogens is 280 g/mol. The molecule has 0 unspecified atom stereocenters. The van der Waals surface area contributed by atoms with E-state index in [1.807, 2.05) is 37.8 Å². The molecule has 0 fully saturated rings. The number of para-hydroxylation sites is 1. The fourth-order valence-electron chi connectivity index (χ4n) is 2.05. The Morgan fingerprint density at radius 3 is 1.71 bits per heavy atom. The van der Waals surface area contributed by atoms with Crippen LogP contribution < -0.4 is 4.74 Å². The number of rotatable bonds is 5. The predicted molar refractivity (Wildman–Crippen MR) is 88.6 cm³/mol. The van der Waals surface area contributed by atoms with Crippen molar-refractivity contribution in [2.45, 2.75) is 59.2 Å². The molecule has 0 aliphatic carbocycles. The van der Waals surface area contributed by atoms with Gasteiger partial charge in [-0.15, -0.1) is 0 Å². The third-order valence-corrected chi connectivity index (χ3v) is 4.95. The van der Waals surface area contributed by atoms with E-state index < -0.39 is 14.0 Å². The van der Waals surface area contributed by atoms with Gasteiger partial charge in [0.1, 0.15) is 13.8 Å². The maximum absolute atomic E-state index is 12.2. The Balaban J connectivity index is 3.23. The van der Waals surface area contributed by atoms with Crippen LogP contribution in [0.5, 0.6) is 5.75 Å². The van der Waals surface area contributed by atoms with Gasteiger partial charge in [-0.25, -0.2) is 4.79 Å². The first-order valence-electron chi connectivity index (χ1n) is 7.45. The maximum atomic E-state index is 12.2. The minimum Gasteiger partial charge on any atom is -0.421 e. The van der Waals surface area contributed by atoms with Gasteiger partial charge in [0.25, 0.3) is 0 Å². The third kappa shape index (κ3) is 4.27. The van der Waals surface area contributed by atoms with Crippen molar-refractivity contribution in [3.8, 4) is 5.75 Å². The second-order valence-corrected chi connectivity index (χ2v) is 12.0. The fraction of sp³-hybridized carbons (Fsp3) is 0.529. The van der Waals surface area contributed by atoms with E-state index in [2.05, 4.69) is 27.7 Å². The quantitative estimate of drug-likeness (QED) is 0.353. The molecule has 0 saturated carbocycles. The summed E-state index contributed by atoms with van der Waals surface area (Å²) in [5.74, 6) is 0.310. The molecule has 0 aliphatic heterocycles. The van der Waals surface area contributed by atoms with Crippen LogP contribution in [0.3, 0.4) is 0 Å². The minimum absolute atomic E-state index is 0.230. The number of carbonyl (C=O) groups excluding carboxylic acids is 2. The number of hydrogen-bond acceptors (Lipinski definition) is 3. The second kappa shape index (κ2) is 6.56. The molecule has 1 aromatic rings. The standard InChI is InChI=1S/C17H26O3Si/c1-11(2)13-9-8-10-14(12(3)4)15(13)20-16(18)17(19)21(5,6)7/h8-12H,1-7H3. The van der Waals surface area contributed by atoms with E-state index in [0.717, 1.165) is 11.1 Å². The van der Waals surface area contributed by atoms with Crippen LogP contribution >= 0.6 is 0 Å². The smallest absolute Gasteiger partial charge is 0.374 e. The van der Waals surface area contributed by atoms with Gasteiger partial charge in [0, 0.05) is 0 Å². The first kappa shape index (κ1) is 17.6. The zero-order chi connectivity index (χ0) is 16.4. The molecule has 3 nitrogen and oxygen atoms in total. The lowest BCUT2D eigenvalue weighted by Crippen LogP contribution is -2.41. The summed E-state index contributed by atoms with van der Waals surface area (Å²) in [4.78, 5) is 24.3. The van der Waals surface area contributed by atoms with E-state index in [0.29, 0.717) is 5.75 Å². The van der Waals surface area contributed by atoms with Crippen LogP contribution in [0.15, 0.2) is 18.2 Å². The molecule has 0 spiro atoms.